The number of methoxy groups -OCH3 is 1. The fraction of sp³-hybridized carbons (Fsp3) is 0.292. The highest BCUT2D eigenvalue weighted by Crippen LogP contribution is 2.33. The number of benzene rings is 1. The molecule has 0 bridgehead atoms. The van der Waals surface area contributed by atoms with Crippen LogP contribution in [0.1, 0.15) is 38.5 Å². The minimum atomic E-state index is -0.398. The van der Waals surface area contributed by atoms with Crippen molar-refractivity contribution in [3.8, 4) is 11.5 Å². The van der Waals surface area contributed by atoms with Crippen LogP contribution in [0.25, 0.3) is 16.6 Å². The molecule has 35 heavy (non-hydrogen) atoms. The van der Waals surface area contributed by atoms with Crippen molar-refractivity contribution in [2.24, 2.45) is 0 Å². The van der Waals surface area contributed by atoms with Crippen LogP contribution in [0.2, 0.25) is 0 Å². The van der Waals surface area contributed by atoms with Crippen molar-refractivity contribution in [1.82, 2.24) is 35.9 Å². The Kier molecular flexibility index (Phi) is 6.95. The molecule has 1 atom stereocenters. The number of H-pyrrole nitrogens is 1. The molecule has 2 aromatic heterocycles. The Hall–Kier alpha value is -4.41. The second-order valence-corrected chi connectivity index (χ2v) is 7.71. The number of imidazole rings is 1. The smallest absolute Gasteiger partial charge is 0.261 e. The van der Waals surface area contributed by atoms with Crippen molar-refractivity contribution in [2.45, 2.75) is 26.8 Å². The van der Waals surface area contributed by atoms with E-state index < -0.39 is 5.91 Å². The number of hydrogen-bond donors (Lipinski definition) is 5. The van der Waals surface area contributed by atoms with E-state index in [9.17, 15) is 4.79 Å². The van der Waals surface area contributed by atoms with Gasteiger partial charge in [-0.05, 0) is 26.8 Å². The van der Waals surface area contributed by atoms with Crippen LogP contribution in [0.3, 0.4) is 0 Å². The Balaban J connectivity index is 1.84. The van der Waals surface area contributed by atoms with Crippen LogP contribution in [-0.2, 0) is 4.79 Å². The summed E-state index contributed by atoms with van der Waals surface area (Å²) in [4.78, 5) is 29.7. The lowest BCUT2D eigenvalue weighted by atomic mass is 10.0. The molecule has 0 aliphatic carbocycles. The van der Waals surface area contributed by atoms with Crippen LogP contribution in [0.15, 0.2) is 48.2 Å². The Labute approximate surface area is 202 Å². The van der Waals surface area contributed by atoms with Gasteiger partial charge in [-0.15, -0.1) is 0 Å². The second kappa shape index (κ2) is 10.2. The molecule has 5 N–H and O–H groups in total. The number of nitrogens with zero attached hydrogens (tertiary/aromatic N) is 3. The molecule has 3 heterocycles. The van der Waals surface area contributed by atoms with Crippen molar-refractivity contribution in [3.63, 3.8) is 0 Å². The zero-order valence-electron chi connectivity index (χ0n) is 20.0. The molecular formula is C24H28N8O3. The molecule has 0 saturated heterocycles. The first kappa shape index (κ1) is 23.7. The fourth-order valence-electron chi connectivity index (χ4n) is 3.68. The van der Waals surface area contributed by atoms with Crippen LogP contribution >= 0.6 is 0 Å². The number of nitrogens with one attached hydrogen (secondary N) is 5. The number of carbonyl (C=O) groups is 1. The molecule has 11 heteroatoms. The molecule has 4 rings (SSSR count). The van der Waals surface area contributed by atoms with Gasteiger partial charge in [0.1, 0.15) is 22.9 Å². The van der Waals surface area contributed by atoms with Gasteiger partial charge in [0.2, 0.25) is 0 Å². The first-order chi connectivity index (χ1) is 17.0. The summed E-state index contributed by atoms with van der Waals surface area (Å²) in [6, 6.07) is 4.89. The van der Waals surface area contributed by atoms with Crippen molar-refractivity contribution in [3.05, 3.63) is 59.8 Å². The minimum absolute atomic E-state index is 0.108. The van der Waals surface area contributed by atoms with Crippen molar-refractivity contribution in [2.75, 3.05) is 20.3 Å². The average Bonchev–Trinajstić information content (AvgIpc) is 3.27. The first-order valence-corrected chi connectivity index (χ1v) is 11.3. The lowest BCUT2D eigenvalue weighted by Crippen LogP contribution is -2.41. The van der Waals surface area contributed by atoms with Crippen molar-refractivity contribution >= 4 is 28.2 Å². The quantitative estimate of drug-likeness (QED) is 0.316. The van der Waals surface area contributed by atoms with Crippen LogP contribution in [0.5, 0.6) is 11.5 Å². The molecule has 0 fully saturated rings. The van der Waals surface area contributed by atoms with E-state index in [-0.39, 0.29) is 17.3 Å². The highest BCUT2D eigenvalue weighted by Gasteiger charge is 2.32. The summed E-state index contributed by atoms with van der Waals surface area (Å²) < 4.78 is 11.1. The summed E-state index contributed by atoms with van der Waals surface area (Å²) in [6.45, 7) is 6.81. The van der Waals surface area contributed by atoms with E-state index in [0.717, 1.165) is 0 Å². The van der Waals surface area contributed by atoms with E-state index in [1.165, 1.54) is 0 Å². The van der Waals surface area contributed by atoms with E-state index in [2.05, 4.69) is 35.9 Å². The third kappa shape index (κ3) is 4.79. The molecule has 0 saturated carbocycles. The van der Waals surface area contributed by atoms with E-state index in [1.807, 2.05) is 20.8 Å². The molecule has 1 aliphatic rings. The van der Waals surface area contributed by atoms with Crippen LogP contribution in [0, 0.1) is 5.41 Å². The topological polar surface area (TPSA) is 150 Å². The SMILES string of the molecule is CCN/C=C1/NC(=O)C(c2nc3cc(OC)c(OCC)cc3[nH]2)=C(N[C@@H](C)c2ncccn2)C1=N. The largest absolute Gasteiger partial charge is 0.493 e. The second-order valence-electron chi connectivity index (χ2n) is 7.71. The maximum Gasteiger partial charge on any atom is 0.261 e. The molecular weight excluding hydrogens is 448 g/mol. The minimum Gasteiger partial charge on any atom is -0.493 e. The highest BCUT2D eigenvalue weighted by molar-refractivity contribution is 6.33. The first-order valence-electron chi connectivity index (χ1n) is 11.3. The number of aromatic nitrogens is 4. The molecule has 182 valence electrons. The van der Waals surface area contributed by atoms with Gasteiger partial charge in [-0.25, -0.2) is 15.0 Å². The summed E-state index contributed by atoms with van der Waals surface area (Å²) in [5.74, 6) is 1.55. The summed E-state index contributed by atoms with van der Waals surface area (Å²) in [6.07, 6.45) is 4.90. The number of ether oxygens (including phenoxy) is 2. The Morgan fingerprint density at radius 2 is 1.97 bits per heavy atom. The fourth-order valence-corrected chi connectivity index (χ4v) is 3.68. The molecule has 1 aromatic carbocycles. The molecule has 0 spiro atoms. The number of hydrogen-bond acceptors (Lipinski definition) is 9. The third-order valence-corrected chi connectivity index (χ3v) is 5.33. The van der Waals surface area contributed by atoms with Crippen molar-refractivity contribution < 1.29 is 14.3 Å². The van der Waals surface area contributed by atoms with E-state index in [1.54, 1.807) is 43.9 Å². The van der Waals surface area contributed by atoms with Crippen LogP contribution in [0.4, 0.5) is 0 Å². The number of amides is 1. The van der Waals surface area contributed by atoms with Gasteiger partial charge in [-0.1, -0.05) is 0 Å². The van der Waals surface area contributed by atoms with Crippen LogP contribution < -0.4 is 25.4 Å². The molecule has 11 nitrogen and oxygen atoms in total. The van der Waals surface area contributed by atoms with Gasteiger partial charge in [0.05, 0.1) is 42.2 Å². The number of fused-ring (bicyclic) bond motifs is 1. The van der Waals surface area contributed by atoms with Gasteiger partial charge >= 0.3 is 0 Å². The predicted octanol–water partition coefficient (Wildman–Crippen LogP) is 2.42. The molecule has 1 aliphatic heterocycles. The Bertz CT molecular complexity index is 1310. The Morgan fingerprint density at radius 3 is 2.66 bits per heavy atom. The van der Waals surface area contributed by atoms with Crippen LogP contribution in [-0.4, -0.2) is 51.8 Å². The maximum atomic E-state index is 13.3. The normalized spacial score (nSPS) is 15.8. The third-order valence-electron chi connectivity index (χ3n) is 5.33. The summed E-state index contributed by atoms with van der Waals surface area (Å²) >= 11 is 0. The summed E-state index contributed by atoms with van der Waals surface area (Å²) in [5, 5.41) is 17.9. The lowest BCUT2D eigenvalue weighted by molar-refractivity contribution is -0.115. The standard InChI is InChI=1S/C24H28N8O3/c1-5-26-12-16-20(25)21(29-13(3)22-27-8-7-9-28-22)19(24(33)32-16)23-30-14-10-17(34-4)18(35-6-2)11-15(14)31-23/h7-13,25-26,29H,5-6H2,1-4H3,(H,30,31)(H,32,33)/b16-12+,25-20?/t13-/m0/s1. The predicted molar refractivity (Wildman–Crippen MR) is 132 cm³/mol. The molecule has 3 aromatic rings. The van der Waals surface area contributed by atoms with E-state index >= 15 is 0 Å². The zero-order valence-corrected chi connectivity index (χ0v) is 20.0. The number of carbonyl (C=O) groups excluding carboxylic acids is 1. The van der Waals surface area contributed by atoms with Gasteiger partial charge in [0.15, 0.2) is 11.5 Å². The zero-order chi connectivity index (χ0) is 24.9. The highest BCUT2D eigenvalue weighted by atomic mass is 16.5. The summed E-state index contributed by atoms with van der Waals surface area (Å²) in [5.41, 5.74) is 2.24. The molecule has 1 amide bonds. The van der Waals surface area contributed by atoms with Gasteiger partial charge < -0.3 is 30.4 Å². The number of rotatable bonds is 9. The maximum absolute atomic E-state index is 13.3. The monoisotopic (exact) mass is 476 g/mol. The van der Waals surface area contributed by atoms with Gasteiger partial charge in [0.25, 0.3) is 5.91 Å². The van der Waals surface area contributed by atoms with E-state index in [4.69, 9.17) is 14.9 Å². The summed E-state index contributed by atoms with van der Waals surface area (Å²) in [7, 11) is 1.56. The lowest BCUT2D eigenvalue weighted by Gasteiger charge is -2.26. The Morgan fingerprint density at radius 1 is 1.20 bits per heavy atom. The van der Waals surface area contributed by atoms with E-state index in [0.29, 0.717) is 58.7 Å². The average molecular weight is 477 g/mol. The van der Waals surface area contributed by atoms with Crippen molar-refractivity contribution in [1.29, 1.82) is 5.41 Å². The number of aromatic amines is 1. The van der Waals surface area contributed by atoms with Gasteiger partial charge in [0, 0.05) is 37.3 Å². The molecule has 0 unspecified atom stereocenters. The molecule has 0 radical (unpaired) electrons. The van der Waals surface area contributed by atoms with Gasteiger partial charge in [-0.3, -0.25) is 10.2 Å². The van der Waals surface area contributed by atoms with Gasteiger partial charge in [-0.2, -0.15) is 0 Å².